The lowest BCUT2D eigenvalue weighted by Gasteiger charge is -2.38. The number of benzene rings is 2. The number of likely N-dealkylation sites (N-methyl/N-ethyl adjacent to an activating group) is 1. The normalized spacial score (nSPS) is 17.2. The molecule has 9 heteroatoms. The number of hydrogen-bond donors (Lipinski definition) is 0. The summed E-state index contributed by atoms with van der Waals surface area (Å²) in [6, 6.07) is 10.9. The minimum absolute atomic E-state index is 0.118. The number of nitrogens with zero attached hydrogens (tertiary/aromatic N) is 3. The molecule has 2 heterocycles. The van der Waals surface area contributed by atoms with Gasteiger partial charge in [-0.2, -0.15) is 0 Å². The second-order valence-corrected chi connectivity index (χ2v) is 8.64. The molecule has 2 aromatic carbocycles. The van der Waals surface area contributed by atoms with Crippen LogP contribution >= 0.6 is 11.6 Å². The second-order valence-electron chi connectivity index (χ2n) is 8.21. The molecule has 174 valence electrons. The molecule has 1 atom stereocenters. The average Bonchev–Trinajstić information content (AvgIpc) is 2.82. The fourth-order valence-corrected chi connectivity index (χ4v) is 4.06. The van der Waals surface area contributed by atoms with E-state index in [1.807, 2.05) is 7.05 Å². The first-order valence-electron chi connectivity index (χ1n) is 10.8. The lowest BCUT2D eigenvalue weighted by Crippen LogP contribution is -2.56. The highest BCUT2D eigenvalue weighted by atomic mass is 35.5. The molecule has 2 amide bonds. The molecule has 2 aromatic rings. The number of piperazine rings is 1. The summed E-state index contributed by atoms with van der Waals surface area (Å²) < 4.78 is 11.1. The van der Waals surface area contributed by atoms with Crippen molar-refractivity contribution < 1.29 is 23.9 Å². The third-order valence-electron chi connectivity index (χ3n) is 5.90. The summed E-state index contributed by atoms with van der Waals surface area (Å²) in [5.41, 5.74) is 0.781. The first-order valence-corrected chi connectivity index (χ1v) is 11.2. The van der Waals surface area contributed by atoms with E-state index in [9.17, 15) is 14.4 Å². The molecule has 1 fully saturated rings. The van der Waals surface area contributed by atoms with Gasteiger partial charge in [-0.25, -0.2) is 0 Å². The summed E-state index contributed by atoms with van der Waals surface area (Å²) in [5.74, 6) is 0.287. The van der Waals surface area contributed by atoms with Crippen LogP contribution in [0.1, 0.15) is 17.3 Å². The molecule has 0 saturated carbocycles. The van der Waals surface area contributed by atoms with Gasteiger partial charge in [0.2, 0.25) is 5.91 Å². The quantitative estimate of drug-likeness (QED) is 0.602. The average molecular weight is 472 g/mol. The van der Waals surface area contributed by atoms with E-state index in [2.05, 4.69) is 4.90 Å². The maximum Gasteiger partial charge on any atom is 0.265 e. The third-order valence-corrected chi connectivity index (χ3v) is 6.16. The maximum atomic E-state index is 13.1. The van der Waals surface area contributed by atoms with Crippen LogP contribution in [-0.2, 0) is 9.59 Å². The van der Waals surface area contributed by atoms with Crippen molar-refractivity contribution in [1.29, 1.82) is 0 Å². The number of carbonyl (C=O) groups excluding carboxylic acids is 3. The van der Waals surface area contributed by atoms with Gasteiger partial charge in [0.05, 0.1) is 5.69 Å². The van der Waals surface area contributed by atoms with Crippen LogP contribution in [-0.4, -0.2) is 79.9 Å². The SMILES string of the molecule is CC(C(=O)N1CCN(C)CC1)N1C(=O)COc2ccc(C(=O)COc3ccc(Cl)cc3)cc21. The monoisotopic (exact) mass is 471 g/mol. The molecule has 2 aliphatic rings. The Labute approximate surface area is 197 Å². The van der Waals surface area contributed by atoms with E-state index in [0.29, 0.717) is 40.9 Å². The molecule has 33 heavy (non-hydrogen) atoms. The number of fused-ring (bicyclic) bond motifs is 1. The largest absolute Gasteiger partial charge is 0.485 e. The van der Waals surface area contributed by atoms with Crippen molar-refractivity contribution >= 4 is 34.9 Å². The van der Waals surface area contributed by atoms with E-state index in [-0.39, 0.29) is 30.8 Å². The molecular formula is C24H26ClN3O5. The number of hydrogen-bond acceptors (Lipinski definition) is 6. The van der Waals surface area contributed by atoms with Crippen molar-refractivity contribution in [2.24, 2.45) is 0 Å². The fourth-order valence-electron chi connectivity index (χ4n) is 3.93. The van der Waals surface area contributed by atoms with E-state index >= 15 is 0 Å². The lowest BCUT2D eigenvalue weighted by molar-refractivity contribution is -0.136. The molecule has 2 aliphatic heterocycles. The Balaban J connectivity index is 1.51. The second kappa shape index (κ2) is 9.80. The van der Waals surface area contributed by atoms with E-state index in [1.54, 1.807) is 54.3 Å². The van der Waals surface area contributed by atoms with E-state index in [1.165, 1.54) is 4.90 Å². The van der Waals surface area contributed by atoms with Crippen LogP contribution in [0, 0.1) is 0 Å². The van der Waals surface area contributed by atoms with E-state index in [0.717, 1.165) is 13.1 Å². The molecule has 4 rings (SSSR count). The van der Waals surface area contributed by atoms with Crippen LogP contribution in [0.15, 0.2) is 42.5 Å². The van der Waals surface area contributed by atoms with E-state index < -0.39 is 6.04 Å². The van der Waals surface area contributed by atoms with Gasteiger partial charge in [-0.05, 0) is 56.4 Å². The van der Waals surface area contributed by atoms with Crippen LogP contribution in [0.4, 0.5) is 5.69 Å². The Bertz CT molecular complexity index is 1050. The number of ketones is 1. The highest BCUT2D eigenvalue weighted by molar-refractivity contribution is 6.30. The predicted molar refractivity (Wildman–Crippen MR) is 124 cm³/mol. The van der Waals surface area contributed by atoms with Gasteiger partial charge in [0.1, 0.15) is 17.5 Å². The number of carbonyl (C=O) groups is 3. The Morgan fingerprint density at radius 2 is 1.79 bits per heavy atom. The predicted octanol–water partition coefficient (Wildman–Crippen LogP) is 2.49. The molecular weight excluding hydrogens is 446 g/mol. The van der Waals surface area contributed by atoms with Gasteiger partial charge in [0.15, 0.2) is 19.0 Å². The smallest absolute Gasteiger partial charge is 0.265 e. The van der Waals surface area contributed by atoms with Crippen molar-refractivity contribution in [2.45, 2.75) is 13.0 Å². The number of anilines is 1. The Morgan fingerprint density at radius 3 is 2.48 bits per heavy atom. The molecule has 0 spiro atoms. The van der Waals surface area contributed by atoms with Gasteiger partial charge < -0.3 is 19.3 Å². The Kier molecular flexibility index (Phi) is 6.85. The summed E-state index contributed by atoms with van der Waals surface area (Å²) >= 11 is 5.87. The van der Waals surface area contributed by atoms with Gasteiger partial charge in [-0.3, -0.25) is 19.3 Å². The minimum Gasteiger partial charge on any atom is -0.485 e. The standard InChI is InChI=1S/C24H26ClN3O5/c1-16(24(31)27-11-9-26(2)10-12-27)28-20-13-17(3-8-22(20)33-15-23(28)30)21(29)14-32-19-6-4-18(25)5-7-19/h3-8,13,16H,9-12,14-15H2,1-2H3. The van der Waals surface area contributed by atoms with Crippen molar-refractivity contribution in [2.75, 3.05) is 51.3 Å². The summed E-state index contributed by atoms with van der Waals surface area (Å²) in [6.45, 7) is 4.20. The first-order chi connectivity index (χ1) is 15.8. The number of ether oxygens (including phenoxy) is 2. The van der Waals surface area contributed by atoms with Crippen LogP contribution in [0.2, 0.25) is 5.02 Å². The van der Waals surface area contributed by atoms with Crippen molar-refractivity contribution in [3.63, 3.8) is 0 Å². The molecule has 1 unspecified atom stereocenters. The topological polar surface area (TPSA) is 79.4 Å². The van der Waals surface area contributed by atoms with Gasteiger partial charge >= 0.3 is 0 Å². The number of halogens is 1. The van der Waals surface area contributed by atoms with Crippen LogP contribution < -0.4 is 14.4 Å². The van der Waals surface area contributed by atoms with Crippen LogP contribution in [0.25, 0.3) is 0 Å². The zero-order chi connectivity index (χ0) is 23.5. The van der Waals surface area contributed by atoms with Gasteiger partial charge in [-0.1, -0.05) is 11.6 Å². The lowest BCUT2D eigenvalue weighted by atomic mass is 10.1. The van der Waals surface area contributed by atoms with Crippen molar-refractivity contribution in [1.82, 2.24) is 9.80 Å². The summed E-state index contributed by atoms with van der Waals surface area (Å²) in [5, 5.41) is 0.577. The summed E-state index contributed by atoms with van der Waals surface area (Å²) in [4.78, 5) is 44.0. The molecule has 0 N–H and O–H groups in total. The molecule has 8 nitrogen and oxygen atoms in total. The van der Waals surface area contributed by atoms with Gasteiger partial charge in [-0.15, -0.1) is 0 Å². The third kappa shape index (κ3) is 5.12. The molecule has 0 aromatic heterocycles. The van der Waals surface area contributed by atoms with E-state index in [4.69, 9.17) is 21.1 Å². The summed E-state index contributed by atoms with van der Waals surface area (Å²) in [7, 11) is 2.02. The molecule has 0 aliphatic carbocycles. The maximum absolute atomic E-state index is 13.1. The van der Waals surface area contributed by atoms with Crippen LogP contribution in [0.5, 0.6) is 11.5 Å². The molecule has 0 bridgehead atoms. The van der Waals surface area contributed by atoms with Gasteiger partial charge in [0.25, 0.3) is 5.91 Å². The van der Waals surface area contributed by atoms with Crippen molar-refractivity contribution in [3.05, 3.63) is 53.1 Å². The van der Waals surface area contributed by atoms with Crippen molar-refractivity contribution in [3.8, 4) is 11.5 Å². The minimum atomic E-state index is -0.709. The van der Waals surface area contributed by atoms with Crippen LogP contribution in [0.3, 0.4) is 0 Å². The zero-order valence-corrected chi connectivity index (χ0v) is 19.4. The number of Topliss-reactive ketones (excluding diaryl/α,β-unsaturated/α-hetero) is 1. The fraction of sp³-hybridized carbons (Fsp3) is 0.375. The number of amides is 2. The Hall–Kier alpha value is -3.10. The highest BCUT2D eigenvalue weighted by Gasteiger charge is 2.36. The van der Waals surface area contributed by atoms with Gasteiger partial charge in [0, 0.05) is 36.8 Å². The molecule has 1 saturated heterocycles. The molecule has 0 radical (unpaired) electrons. The summed E-state index contributed by atoms with van der Waals surface area (Å²) in [6.07, 6.45) is 0. The number of rotatable bonds is 6. The highest BCUT2D eigenvalue weighted by Crippen LogP contribution is 2.35. The first kappa shape index (κ1) is 23.1. The Morgan fingerprint density at radius 1 is 1.09 bits per heavy atom. The zero-order valence-electron chi connectivity index (χ0n) is 18.6.